The SMILES string of the molecule is CCOC(=O)c1cc(N)cc(Cl)c1NC(C)CCS(C)=O. The minimum absolute atomic E-state index is 0.0169. The molecule has 0 saturated carbocycles. The van der Waals surface area contributed by atoms with Crippen LogP contribution in [-0.4, -0.2) is 34.8 Å². The summed E-state index contributed by atoms with van der Waals surface area (Å²) in [4.78, 5) is 12.0. The molecule has 5 nitrogen and oxygen atoms in total. The molecule has 0 saturated heterocycles. The van der Waals surface area contributed by atoms with E-state index in [0.717, 1.165) is 0 Å². The van der Waals surface area contributed by atoms with Crippen molar-refractivity contribution in [3.05, 3.63) is 22.7 Å². The van der Waals surface area contributed by atoms with Crippen molar-refractivity contribution < 1.29 is 13.7 Å². The number of esters is 1. The van der Waals surface area contributed by atoms with Crippen LogP contribution < -0.4 is 11.1 Å². The second-order valence-corrected chi connectivity index (χ2v) is 6.72. The lowest BCUT2D eigenvalue weighted by Crippen LogP contribution is -2.20. The third-order valence-corrected chi connectivity index (χ3v) is 3.95. The first-order valence-electron chi connectivity index (χ1n) is 6.67. The summed E-state index contributed by atoms with van der Waals surface area (Å²) >= 11 is 6.18. The summed E-state index contributed by atoms with van der Waals surface area (Å²) in [6.07, 6.45) is 2.36. The van der Waals surface area contributed by atoms with Crippen molar-refractivity contribution in [2.45, 2.75) is 26.3 Å². The molecule has 0 aliphatic rings. The lowest BCUT2D eigenvalue weighted by Gasteiger charge is -2.19. The van der Waals surface area contributed by atoms with Gasteiger partial charge in [-0.15, -0.1) is 0 Å². The van der Waals surface area contributed by atoms with Crippen LogP contribution >= 0.6 is 11.6 Å². The monoisotopic (exact) mass is 332 g/mol. The summed E-state index contributed by atoms with van der Waals surface area (Å²) in [5.41, 5.74) is 6.94. The molecule has 1 rings (SSSR count). The number of nitrogens with two attached hydrogens (primary N) is 1. The number of anilines is 2. The van der Waals surface area contributed by atoms with Crippen LogP contribution in [0, 0.1) is 0 Å². The van der Waals surface area contributed by atoms with E-state index >= 15 is 0 Å². The van der Waals surface area contributed by atoms with Gasteiger partial charge in [0.1, 0.15) is 0 Å². The third kappa shape index (κ3) is 5.55. The first-order valence-corrected chi connectivity index (χ1v) is 8.78. The summed E-state index contributed by atoms with van der Waals surface area (Å²) in [6.45, 7) is 3.95. The van der Waals surface area contributed by atoms with E-state index in [1.54, 1.807) is 19.2 Å². The number of nitrogen functional groups attached to an aromatic ring is 1. The Morgan fingerprint density at radius 1 is 1.52 bits per heavy atom. The van der Waals surface area contributed by atoms with E-state index in [1.165, 1.54) is 6.07 Å². The Morgan fingerprint density at radius 3 is 2.76 bits per heavy atom. The molecule has 7 heteroatoms. The van der Waals surface area contributed by atoms with E-state index < -0.39 is 16.8 Å². The van der Waals surface area contributed by atoms with Crippen LogP contribution in [0.5, 0.6) is 0 Å². The Bertz CT molecular complexity index is 537. The van der Waals surface area contributed by atoms with E-state index in [4.69, 9.17) is 22.1 Å². The molecule has 1 aromatic rings. The van der Waals surface area contributed by atoms with Gasteiger partial charge in [-0.25, -0.2) is 4.79 Å². The predicted molar refractivity (Wildman–Crippen MR) is 88.5 cm³/mol. The van der Waals surface area contributed by atoms with Gasteiger partial charge in [-0.2, -0.15) is 0 Å². The van der Waals surface area contributed by atoms with E-state index in [2.05, 4.69) is 5.32 Å². The second-order valence-electron chi connectivity index (χ2n) is 4.76. The van der Waals surface area contributed by atoms with Crippen molar-refractivity contribution in [1.29, 1.82) is 0 Å². The van der Waals surface area contributed by atoms with Gasteiger partial charge in [-0.1, -0.05) is 11.6 Å². The number of ether oxygens (including phenoxy) is 1. The zero-order chi connectivity index (χ0) is 16.0. The average Bonchev–Trinajstić information content (AvgIpc) is 2.39. The van der Waals surface area contributed by atoms with Crippen molar-refractivity contribution in [3.8, 4) is 0 Å². The molecular formula is C14H21ClN2O3S. The van der Waals surface area contributed by atoms with Gasteiger partial charge in [-0.3, -0.25) is 4.21 Å². The molecule has 0 heterocycles. The number of carbonyl (C=O) groups is 1. The predicted octanol–water partition coefficient (Wildman–Crippen LogP) is 2.67. The van der Waals surface area contributed by atoms with E-state index in [1.807, 2.05) is 6.92 Å². The van der Waals surface area contributed by atoms with Crippen molar-refractivity contribution in [3.63, 3.8) is 0 Å². The number of carbonyl (C=O) groups excluding carboxylic acids is 1. The Hall–Kier alpha value is -1.27. The van der Waals surface area contributed by atoms with Gasteiger partial charge in [0, 0.05) is 34.5 Å². The quantitative estimate of drug-likeness (QED) is 0.592. The van der Waals surface area contributed by atoms with Crippen LogP contribution in [0.25, 0.3) is 0 Å². The van der Waals surface area contributed by atoms with Gasteiger partial charge in [0.05, 0.1) is 22.9 Å². The molecule has 0 radical (unpaired) electrons. The van der Waals surface area contributed by atoms with Crippen LogP contribution in [-0.2, 0) is 15.5 Å². The maximum Gasteiger partial charge on any atom is 0.340 e. The molecule has 0 aliphatic heterocycles. The van der Waals surface area contributed by atoms with Crippen LogP contribution in [0.4, 0.5) is 11.4 Å². The zero-order valence-electron chi connectivity index (χ0n) is 12.4. The summed E-state index contributed by atoms with van der Waals surface area (Å²) in [5.74, 6) is 0.107. The van der Waals surface area contributed by atoms with Crippen LogP contribution in [0.3, 0.4) is 0 Å². The molecule has 0 fully saturated rings. The largest absolute Gasteiger partial charge is 0.462 e. The highest BCUT2D eigenvalue weighted by Crippen LogP contribution is 2.30. The van der Waals surface area contributed by atoms with Crippen molar-refractivity contribution >= 4 is 39.7 Å². The fraction of sp³-hybridized carbons (Fsp3) is 0.500. The molecule has 2 unspecified atom stereocenters. The Balaban J connectivity index is 2.98. The number of rotatable bonds is 7. The van der Waals surface area contributed by atoms with E-state index in [-0.39, 0.29) is 12.6 Å². The Kier molecular flexibility index (Phi) is 6.98. The number of hydrogen-bond donors (Lipinski definition) is 2. The lowest BCUT2D eigenvalue weighted by molar-refractivity contribution is 0.0527. The second kappa shape index (κ2) is 8.24. The van der Waals surface area contributed by atoms with Crippen LogP contribution in [0.1, 0.15) is 30.6 Å². The highest BCUT2D eigenvalue weighted by Gasteiger charge is 2.18. The van der Waals surface area contributed by atoms with Crippen LogP contribution in [0.15, 0.2) is 12.1 Å². The molecule has 0 bridgehead atoms. The molecule has 2 atom stereocenters. The summed E-state index contributed by atoms with van der Waals surface area (Å²) in [5, 5.41) is 3.54. The highest BCUT2D eigenvalue weighted by atomic mass is 35.5. The van der Waals surface area contributed by atoms with Gasteiger partial charge < -0.3 is 15.8 Å². The van der Waals surface area contributed by atoms with Gasteiger partial charge >= 0.3 is 5.97 Å². The molecule has 0 aliphatic carbocycles. The number of benzene rings is 1. The fourth-order valence-electron chi connectivity index (χ4n) is 1.81. The molecule has 118 valence electrons. The van der Waals surface area contributed by atoms with E-state index in [9.17, 15) is 9.00 Å². The topological polar surface area (TPSA) is 81.4 Å². The fourth-order valence-corrected chi connectivity index (χ4v) is 2.77. The Labute approximate surface area is 132 Å². The van der Waals surface area contributed by atoms with Crippen molar-refractivity contribution in [2.24, 2.45) is 0 Å². The molecule has 0 amide bonds. The zero-order valence-corrected chi connectivity index (χ0v) is 14.0. The first kappa shape index (κ1) is 17.8. The lowest BCUT2D eigenvalue weighted by atomic mass is 10.1. The highest BCUT2D eigenvalue weighted by molar-refractivity contribution is 7.84. The smallest absolute Gasteiger partial charge is 0.340 e. The molecule has 21 heavy (non-hydrogen) atoms. The Morgan fingerprint density at radius 2 is 2.19 bits per heavy atom. The molecular weight excluding hydrogens is 312 g/mol. The minimum Gasteiger partial charge on any atom is -0.462 e. The van der Waals surface area contributed by atoms with Gasteiger partial charge in [0.2, 0.25) is 0 Å². The average molecular weight is 333 g/mol. The maximum atomic E-state index is 12.0. The normalized spacial score (nSPS) is 13.5. The number of nitrogens with one attached hydrogen (secondary N) is 1. The van der Waals surface area contributed by atoms with Crippen LogP contribution in [0.2, 0.25) is 5.02 Å². The molecule has 0 spiro atoms. The van der Waals surface area contributed by atoms with Crippen molar-refractivity contribution in [1.82, 2.24) is 0 Å². The number of hydrogen-bond acceptors (Lipinski definition) is 5. The van der Waals surface area contributed by atoms with E-state index in [0.29, 0.717) is 34.1 Å². The minimum atomic E-state index is -0.855. The summed E-state index contributed by atoms with van der Waals surface area (Å²) in [7, 11) is -0.855. The number of halogens is 1. The maximum absolute atomic E-state index is 12.0. The van der Waals surface area contributed by atoms with Gasteiger partial charge in [0.25, 0.3) is 0 Å². The van der Waals surface area contributed by atoms with Gasteiger partial charge in [0.15, 0.2) is 0 Å². The third-order valence-electron chi connectivity index (χ3n) is 2.84. The van der Waals surface area contributed by atoms with Gasteiger partial charge in [-0.05, 0) is 32.4 Å². The standard InChI is InChI=1S/C14H21ClN2O3S/c1-4-20-14(18)11-7-10(16)8-12(15)13(11)17-9(2)5-6-21(3)19/h7-9,17H,4-6,16H2,1-3H3. The first-order chi connectivity index (χ1) is 9.85. The summed E-state index contributed by atoms with van der Waals surface area (Å²) < 4.78 is 16.2. The molecule has 0 aromatic heterocycles. The molecule has 1 aromatic carbocycles. The summed E-state index contributed by atoms with van der Waals surface area (Å²) in [6, 6.07) is 3.14. The van der Waals surface area contributed by atoms with Crippen molar-refractivity contribution in [2.75, 3.05) is 29.7 Å². The molecule has 3 N–H and O–H groups in total.